The highest BCUT2D eigenvalue weighted by Gasteiger charge is 2.22. The third-order valence-electron chi connectivity index (χ3n) is 3.48. The quantitative estimate of drug-likeness (QED) is 0.395. The zero-order valence-corrected chi connectivity index (χ0v) is 20.1. The molecular formula is C17H18Br2N2O5S2. The van der Waals surface area contributed by atoms with E-state index < -0.39 is 21.7 Å². The number of hydrogen-bond donors (Lipinski definition) is 1. The number of sulfone groups is 1. The Morgan fingerprint density at radius 1 is 1.29 bits per heavy atom. The highest BCUT2D eigenvalue weighted by Crippen LogP contribution is 2.34. The maximum absolute atomic E-state index is 12.7. The lowest BCUT2D eigenvalue weighted by Gasteiger charge is -2.11. The van der Waals surface area contributed by atoms with Crippen LogP contribution < -0.4 is 10.1 Å². The van der Waals surface area contributed by atoms with Crippen LogP contribution in [0.5, 0.6) is 5.75 Å². The van der Waals surface area contributed by atoms with Crippen molar-refractivity contribution in [1.82, 2.24) is 4.98 Å². The highest BCUT2D eigenvalue weighted by molar-refractivity contribution is 9.11. The van der Waals surface area contributed by atoms with E-state index in [1.165, 1.54) is 18.4 Å². The van der Waals surface area contributed by atoms with E-state index in [2.05, 4.69) is 42.2 Å². The summed E-state index contributed by atoms with van der Waals surface area (Å²) in [6, 6.07) is 3.13. The fourth-order valence-electron chi connectivity index (χ4n) is 2.10. The number of hydrogen-bond acceptors (Lipinski definition) is 7. The lowest BCUT2D eigenvalue weighted by molar-refractivity contribution is -0.131. The molecule has 0 unspecified atom stereocenters. The van der Waals surface area contributed by atoms with Crippen molar-refractivity contribution in [2.45, 2.75) is 32.2 Å². The van der Waals surface area contributed by atoms with Gasteiger partial charge < -0.3 is 4.74 Å². The predicted octanol–water partition coefficient (Wildman–Crippen LogP) is 4.67. The number of ether oxygens (including phenoxy) is 1. The molecule has 152 valence electrons. The molecule has 0 aliphatic heterocycles. The highest BCUT2D eigenvalue weighted by atomic mass is 79.9. The number of carbonyl (C=O) groups excluding carboxylic acids is 2. The molecule has 2 rings (SSSR count). The number of anilines is 1. The van der Waals surface area contributed by atoms with Crippen LogP contribution in [0.25, 0.3) is 0 Å². The van der Waals surface area contributed by atoms with Crippen LogP contribution in [0.15, 0.2) is 31.5 Å². The predicted molar refractivity (Wildman–Crippen MR) is 115 cm³/mol. The van der Waals surface area contributed by atoms with E-state index in [1.807, 2.05) is 13.8 Å². The Bertz CT molecular complexity index is 1000. The van der Waals surface area contributed by atoms with Crippen LogP contribution in [-0.2, 0) is 14.6 Å². The van der Waals surface area contributed by atoms with E-state index in [9.17, 15) is 18.0 Å². The first kappa shape index (κ1) is 23.0. The van der Waals surface area contributed by atoms with Crippen LogP contribution in [0, 0.1) is 5.92 Å². The van der Waals surface area contributed by atoms with E-state index >= 15 is 0 Å². The first-order chi connectivity index (χ1) is 13.0. The van der Waals surface area contributed by atoms with Crippen molar-refractivity contribution in [2.24, 2.45) is 5.92 Å². The molecule has 0 saturated heterocycles. The molecular weight excluding hydrogens is 536 g/mol. The topological polar surface area (TPSA) is 102 Å². The van der Waals surface area contributed by atoms with E-state index in [-0.39, 0.29) is 33.1 Å². The Balaban J connectivity index is 2.25. The Hall–Kier alpha value is -1.30. The van der Waals surface area contributed by atoms with Gasteiger partial charge in [-0.2, -0.15) is 0 Å². The van der Waals surface area contributed by atoms with Crippen LogP contribution in [0.4, 0.5) is 5.13 Å². The van der Waals surface area contributed by atoms with Gasteiger partial charge in [-0.1, -0.05) is 29.8 Å². The molecule has 0 saturated carbocycles. The summed E-state index contributed by atoms with van der Waals surface area (Å²) in [6.07, 6.45) is 0.527. The standard InChI is InChI=1S/C17H18Br2N2O5S2/c1-9(2)4-5-28(24,25)14-8-27-17(20-14)21-16(23)12-6-11(18)7-13(19)15(12)26-10(3)22/h6-9H,4-5H2,1-3H3,(H,20,21,23). The Labute approximate surface area is 184 Å². The Kier molecular flexibility index (Phi) is 7.77. The van der Waals surface area contributed by atoms with Gasteiger partial charge in [-0.15, -0.1) is 11.3 Å². The zero-order chi connectivity index (χ0) is 21.1. The van der Waals surface area contributed by atoms with E-state index in [1.54, 1.807) is 6.07 Å². The largest absolute Gasteiger partial charge is 0.425 e. The molecule has 2 aromatic rings. The van der Waals surface area contributed by atoms with Gasteiger partial charge in [-0.25, -0.2) is 13.4 Å². The van der Waals surface area contributed by atoms with Gasteiger partial charge in [0.25, 0.3) is 5.91 Å². The fraction of sp³-hybridized carbons (Fsp3) is 0.353. The number of rotatable bonds is 7. The van der Waals surface area contributed by atoms with Gasteiger partial charge >= 0.3 is 5.97 Å². The smallest absolute Gasteiger partial charge is 0.308 e. The molecule has 0 atom stereocenters. The van der Waals surface area contributed by atoms with Crippen LogP contribution >= 0.6 is 43.2 Å². The second-order valence-corrected chi connectivity index (χ2v) is 11.0. The van der Waals surface area contributed by atoms with Crippen LogP contribution in [0.3, 0.4) is 0 Å². The number of halogens is 2. The van der Waals surface area contributed by atoms with Gasteiger partial charge in [-0.05, 0) is 40.4 Å². The SMILES string of the molecule is CC(=O)Oc1c(Br)cc(Br)cc1C(=O)Nc1nc(S(=O)(=O)CCC(C)C)cs1. The number of thiazole rings is 1. The second kappa shape index (κ2) is 9.47. The van der Waals surface area contributed by atoms with Gasteiger partial charge in [0, 0.05) is 16.8 Å². The van der Waals surface area contributed by atoms with Gasteiger partial charge in [0.2, 0.25) is 0 Å². The summed E-state index contributed by atoms with van der Waals surface area (Å²) in [5.74, 6) is -0.850. The summed E-state index contributed by atoms with van der Waals surface area (Å²) in [6.45, 7) is 5.11. The summed E-state index contributed by atoms with van der Waals surface area (Å²) in [5.41, 5.74) is 0.0934. The summed E-state index contributed by atoms with van der Waals surface area (Å²) >= 11 is 7.55. The third-order valence-corrected chi connectivity index (χ3v) is 7.06. The molecule has 28 heavy (non-hydrogen) atoms. The van der Waals surface area contributed by atoms with Gasteiger partial charge in [-0.3, -0.25) is 14.9 Å². The molecule has 7 nitrogen and oxygen atoms in total. The number of aromatic nitrogens is 1. The zero-order valence-electron chi connectivity index (χ0n) is 15.3. The Morgan fingerprint density at radius 2 is 1.96 bits per heavy atom. The van der Waals surface area contributed by atoms with Crippen molar-refractivity contribution in [2.75, 3.05) is 11.1 Å². The fourth-order valence-corrected chi connectivity index (χ4v) is 5.98. The van der Waals surface area contributed by atoms with E-state index in [0.717, 1.165) is 11.3 Å². The summed E-state index contributed by atoms with van der Waals surface area (Å²) in [4.78, 5) is 28.0. The molecule has 1 N–H and O–H groups in total. The molecule has 0 aliphatic carbocycles. The number of amides is 1. The van der Waals surface area contributed by atoms with Crippen molar-refractivity contribution in [3.05, 3.63) is 32.0 Å². The maximum atomic E-state index is 12.7. The average molecular weight is 554 g/mol. The van der Waals surface area contributed by atoms with Crippen LogP contribution in [-0.4, -0.2) is 31.0 Å². The first-order valence-corrected chi connectivity index (χ1v) is 12.3. The first-order valence-electron chi connectivity index (χ1n) is 8.16. The molecule has 0 bridgehead atoms. The molecule has 1 aromatic carbocycles. The molecule has 1 heterocycles. The minimum atomic E-state index is -3.51. The summed E-state index contributed by atoms with van der Waals surface area (Å²) < 4.78 is 30.8. The molecule has 1 aromatic heterocycles. The molecule has 0 spiro atoms. The molecule has 0 fully saturated rings. The maximum Gasteiger partial charge on any atom is 0.308 e. The Morgan fingerprint density at radius 3 is 2.57 bits per heavy atom. The van der Waals surface area contributed by atoms with E-state index in [0.29, 0.717) is 15.4 Å². The lowest BCUT2D eigenvalue weighted by Crippen LogP contribution is -2.16. The van der Waals surface area contributed by atoms with Crippen molar-refractivity contribution < 1.29 is 22.7 Å². The second-order valence-electron chi connectivity index (χ2n) is 6.30. The van der Waals surface area contributed by atoms with Gasteiger partial charge in [0.1, 0.15) is 0 Å². The van der Waals surface area contributed by atoms with Gasteiger partial charge in [0.05, 0.1) is 15.8 Å². The molecule has 0 aliphatic rings. The number of nitrogens with one attached hydrogen (secondary N) is 1. The van der Waals surface area contributed by atoms with Crippen LogP contribution in [0.2, 0.25) is 0 Å². The average Bonchev–Trinajstić information content (AvgIpc) is 3.04. The number of nitrogens with zero attached hydrogens (tertiary/aromatic N) is 1. The third kappa shape index (κ3) is 6.10. The van der Waals surface area contributed by atoms with Crippen molar-refractivity contribution >= 4 is 70.0 Å². The molecule has 0 radical (unpaired) electrons. The van der Waals surface area contributed by atoms with Crippen LogP contribution in [0.1, 0.15) is 37.6 Å². The van der Waals surface area contributed by atoms with Crippen molar-refractivity contribution in [3.63, 3.8) is 0 Å². The van der Waals surface area contributed by atoms with Crippen molar-refractivity contribution in [3.8, 4) is 5.75 Å². The van der Waals surface area contributed by atoms with E-state index in [4.69, 9.17) is 4.74 Å². The number of benzene rings is 1. The number of carbonyl (C=O) groups is 2. The molecule has 11 heteroatoms. The lowest BCUT2D eigenvalue weighted by atomic mass is 10.2. The minimum absolute atomic E-state index is 0.00301. The molecule has 1 amide bonds. The normalized spacial score (nSPS) is 11.5. The summed E-state index contributed by atoms with van der Waals surface area (Å²) in [7, 11) is -3.51. The summed E-state index contributed by atoms with van der Waals surface area (Å²) in [5, 5.41) is 4.02. The monoisotopic (exact) mass is 552 g/mol. The van der Waals surface area contributed by atoms with Gasteiger partial charge in [0.15, 0.2) is 25.7 Å². The van der Waals surface area contributed by atoms with Crippen molar-refractivity contribution in [1.29, 1.82) is 0 Å². The minimum Gasteiger partial charge on any atom is -0.425 e. The number of esters is 1.